The normalized spacial score (nSPS) is 11.6. The second kappa shape index (κ2) is 9.16. The van der Waals surface area contributed by atoms with Gasteiger partial charge in [-0.1, -0.05) is 36.4 Å². The first kappa shape index (κ1) is 17.3. The lowest BCUT2D eigenvalue weighted by molar-refractivity contribution is 0.340. The zero-order chi connectivity index (χ0) is 16.5. The Morgan fingerprint density at radius 3 is 2.65 bits per heavy atom. The minimum atomic E-state index is 0.310. The lowest BCUT2D eigenvalue weighted by Crippen LogP contribution is -2.36. The molecule has 0 amide bonds. The van der Waals surface area contributed by atoms with E-state index in [4.69, 9.17) is 17.0 Å². The molecular weight excluding hydrogens is 304 g/mol. The van der Waals surface area contributed by atoms with E-state index in [1.165, 1.54) is 5.56 Å². The maximum absolute atomic E-state index is 5.49. The number of ether oxygens (including phenoxy) is 1. The van der Waals surface area contributed by atoms with Crippen LogP contribution in [0.2, 0.25) is 0 Å². The Bertz CT molecular complexity index is 616. The van der Waals surface area contributed by atoms with E-state index < -0.39 is 0 Å². The van der Waals surface area contributed by atoms with Gasteiger partial charge in [-0.3, -0.25) is 0 Å². The van der Waals surface area contributed by atoms with Gasteiger partial charge in [-0.2, -0.15) is 0 Å². The van der Waals surface area contributed by atoms with Crippen LogP contribution in [-0.2, 0) is 6.42 Å². The van der Waals surface area contributed by atoms with E-state index in [1.54, 1.807) is 0 Å². The van der Waals surface area contributed by atoms with E-state index in [0.717, 1.165) is 24.3 Å². The molecule has 3 nitrogen and oxygen atoms in total. The van der Waals surface area contributed by atoms with Crippen LogP contribution in [0, 0.1) is 0 Å². The molecule has 2 rings (SSSR count). The number of nitrogens with one attached hydrogen (secondary N) is 2. The SMILES string of the molecule is CCOc1cccc(NC(=S)N[C@@H](C)CCc2ccccc2)c1. The van der Waals surface area contributed by atoms with Gasteiger partial charge in [0.25, 0.3) is 0 Å². The van der Waals surface area contributed by atoms with Crippen LogP contribution in [0.15, 0.2) is 54.6 Å². The molecule has 0 aromatic heterocycles. The van der Waals surface area contributed by atoms with Crippen molar-refractivity contribution in [3.05, 3.63) is 60.2 Å². The van der Waals surface area contributed by atoms with Crippen molar-refractivity contribution in [3.8, 4) is 5.75 Å². The number of benzene rings is 2. The molecule has 0 saturated heterocycles. The number of hydrogen-bond acceptors (Lipinski definition) is 2. The molecule has 23 heavy (non-hydrogen) atoms. The van der Waals surface area contributed by atoms with Crippen LogP contribution in [0.25, 0.3) is 0 Å². The van der Waals surface area contributed by atoms with Crippen molar-refractivity contribution in [2.75, 3.05) is 11.9 Å². The van der Waals surface area contributed by atoms with E-state index in [1.807, 2.05) is 37.3 Å². The highest BCUT2D eigenvalue weighted by atomic mass is 32.1. The second-order valence-electron chi connectivity index (χ2n) is 5.48. The maximum atomic E-state index is 5.49. The van der Waals surface area contributed by atoms with Gasteiger partial charge in [-0.15, -0.1) is 0 Å². The van der Waals surface area contributed by atoms with Gasteiger partial charge in [-0.25, -0.2) is 0 Å². The summed E-state index contributed by atoms with van der Waals surface area (Å²) in [7, 11) is 0. The van der Waals surface area contributed by atoms with Crippen molar-refractivity contribution >= 4 is 23.0 Å². The van der Waals surface area contributed by atoms with E-state index >= 15 is 0 Å². The fourth-order valence-corrected chi connectivity index (χ4v) is 2.64. The van der Waals surface area contributed by atoms with Crippen molar-refractivity contribution in [2.45, 2.75) is 32.7 Å². The van der Waals surface area contributed by atoms with Crippen LogP contribution in [0.3, 0.4) is 0 Å². The monoisotopic (exact) mass is 328 g/mol. The number of thiocarbonyl (C=S) groups is 1. The van der Waals surface area contributed by atoms with Gasteiger partial charge >= 0.3 is 0 Å². The average molecular weight is 328 g/mol. The van der Waals surface area contributed by atoms with Crippen LogP contribution in [0.4, 0.5) is 5.69 Å². The van der Waals surface area contributed by atoms with Gasteiger partial charge in [0.1, 0.15) is 5.75 Å². The summed E-state index contributed by atoms with van der Waals surface area (Å²) in [5.74, 6) is 0.845. The maximum Gasteiger partial charge on any atom is 0.170 e. The zero-order valence-corrected chi connectivity index (χ0v) is 14.5. The summed E-state index contributed by atoms with van der Waals surface area (Å²) < 4.78 is 5.49. The van der Waals surface area contributed by atoms with Gasteiger partial charge in [0.2, 0.25) is 0 Å². The Kier molecular flexibility index (Phi) is 6.88. The summed E-state index contributed by atoms with van der Waals surface area (Å²) in [5.41, 5.74) is 2.29. The fourth-order valence-electron chi connectivity index (χ4n) is 2.32. The number of hydrogen-bond donors (Lipinski definition) is 2. The first-order valence-corrected chi connectivity index (χ1v) is 8.42. The molecule has 0 aliphatic heterocycles. The fraction of sp³-hybridized carbons (Fsp3) is 0.316. The second-order valence-corrected chi connectivity index (χ2v) is 5.89. The van der Waals surface area contributed by atoms with Crippen molar-refractivity contribution in [1.29, 1.82) is 0 Å². The van der Waals surface area contributed by atoms with Crippen LogP contribution in [0.1, 0.15) is 25.8 Å². The molecule has 0 heterocycles. The molecule has 1 atom stereocenters. The first-order chi connectivity index (χ1) is 11.2. The van der Waals surface area contributed by atoms with Gasteiger partial charge in [0.15, 0.2) is 5.11 Å². The van der Waals surface area contributed by atoms with E-state index in [-0.39, 0.29) is 0 Å². The average Bonchev–Trinajstić information content (AvgIpc) is 2.54. The van der Waals surface area contributed by atoms with Crippen molar-refractivity contribution in [3.63, 3.8) is 0 Å². The van der Waals surface area contributed by atoms with E-state index in [9.17, 15) is 0 Å². The third-order valence-electron chi connectivity index (χ3n) is 3.49. The standard InChI is InChI=1S/C19H24N2OS/c1-3-22-18-11-7-10-17(14-18)21-19(23)20-15(2)12-13-16-8-5-4-6-9-16/h4-11,14-15H,3,12-13H2,1-2H3,(H2,20,21,23)/t15-/m0/s1. The summed E-state index contributed by atoms with van der Waals surface area (Å²) in [6.07, 6.45) is 2.07. The van der Waals surface area contributed by atoms with Crippen LogP contribution < -0.4 is 15.4 Å². The Balaban J connectivity index is 1.78. The van der Waals surface area contributed by atoms with Gasteiger partial charge in [0, 0.05) is 17.8 Å². The van der Waals surface area contributed by atoms with Gasteiger partial charge in [-0.05, 0) is 56.6 Å². The molecule has 0 bridgehead atoms. The Morgan fingerprint density at radius 2 is 1.91 bits per heavy atom. The highest BCUT2D eigenvalue weighted by molar-refractivity contribution is 7.80. The Labute approximate surface area is 144 Å². The molecular formula is C19H24N2OS. The van der Waals surface area contributed by atoms with E-state index in [2.05, 4.69) is 41.8 Å². The predicted molar refractivity (Wildman–Crippen MR) is 101 cm³/mol. The van der Waals surface area contributed by atoms with Gasteiger partial charge in [0.05, 0.1) is 6.61 Å². The Hall–Kier alpha value is -2.07. The predicted octanol–water partition coefficient (Wildman–Crippen LogP) is 4.39. The van der Waals surface area contributed by atoms with Crippen molar-refractivity contribution < 1.29 is 4.74 Å². The van der Waals surface area contributed by atoms with Crippen molar-refractivity contribution in [2.24, 2.45) is 0 Å². The largest absolute Gasteiger partial charge is 0.494 e. The highest BCUT2D eigenvalue weighted by Crippen LogP contribution is 2.17. The molecule has 2 aromatic rings. The molecule has 0 radical (unpaired) electrons. The lowest BCUT2D eigenvalue weighted by atomic mass is 10.1. The third-order valence-corrected chi connectivity index (χ3v) is 3.71. The molecule has 4 heteroatoms. The zero-order valence-electron chi connectivity index (χ0n) is 13.7. The molecule has 0 fully saturated rings. The number of aryl methyl sites for hydroxylation is 1. The summed E-state index contributed by atoms with van der Waals surface area (Å²) in [5, 5.41) is 7.18. The van der Waals surface area contributed by atoms with E-state index in [0.29, 0.717) is 17.8 Å². The van der Waals surface area contributed by atoms with Crippen LogP contribution >= 0.6 is 12.2 Å². The quantitative estimate of drug-likeness (QED) is 0.739. The number of rotatable bonds is 7. The van der Waals surface area contributed by atoms with Crippen LogP contribution in [0.5, 0.6) is 5.75 Å². The molecule has 0 aliphatic rings. The lowest BCUT2D eigenvalue weighted by Gasteiger charge is -2.17. The smallest absolute Gasteiger partial charge is 0.170 e. The topological polar surface area (TPSA) is 33.3 Å². The molecule has 2 aromatic carbocycles. The minimum Gasteiger partial charge on any atom is -0.494 e. The molecule has 0 spiro atoms. The van der Waals surface area contributed by atoms with Crippen LogP contribution in [-0.4, -0.2) is 17.8 Å². The summed E-state index contributed by atoms with van der Waals surface area (Å²) in [6, 6.07) is 18.6. The molecule has 2 N–H and O–H groups in total. The Morgan fingerprint density at radius 1 is 1.13 bits per heavy atom. The third kappa shape index (κ3) is 6.28. The van der Waals surface area contributed by atoms with Crippen molar-refractivity contribution in [1.82, 2.24) is 5.32 Å². The summed E-state index contributed by atoms with van der Waals surface area (Å²) in [4.78, 5) is 0. The minimum absolute atomic E-state index is 0.310. The first-order valence-electron chi connectivity index (χ1n) is 8.01. The summed E-state index contributed by atoms with van der Waals surface area (Å²) in [6.45, 7) is 4.77. The molecule has 122 valence electrons. The molecule has 0 unspecified atom stereocenters. The molecule has 0 aliphatic carbocycles. The summed E-state index contributed by atoms with van der Waals surface area (Å²) >= 11 is 5.39. The highest BCUT2D eigenvalue weighted by Gasteiger charge is 2.05. The van der Waals surface area contributed by atoms with Gasteiger partial charge < -0.3 is 15.4 Å². The number of anilines is 1. The molecule has 0 saturated carbocycles.